The van der Waals surface area contributed by atoms with Crippen molar-refractivity contribution in [3.8, 4) is 11.3 Å². The van der Waals surface area contributed by atoms with E-state index in [-0.39, 0.29) is 19.0 Å². The topological polar surface area (TPSA) is 58.1 Å². The molecule has 0 radical (unpaired) electrons. The molecule has 1 amide bonds. The fourth-order valence-electron chi connectivity index (χ4n) is 3.23. The molecule has 8 heteroatoms. The number of carbonyl (C=O) groups is 1. The van der Waals surface area contributed by atoms with Gasteiger partial charge in [-0.25, -0.2) is 9.97 Å². The zero-order valence-corrected chi connectivity index (χ0v) is 14.8. The molecule has 144 valence electrons. The highest BCUT2D eigenvalue weighted by molar-refractivity contribution is 5.86. The molecule has 1 saturated heterocycles. The van der Waals surface area contributed by atoms with Crippen molar-refractivity contribution in [1.82, 2.24) is 14.9 Å². The third-order valence-electron chi connectivity index (χ3n) is 4.74. The summed E-state index contributed by atoms with van der Waals surface area (Å²) in [6.45, 7) is 0.564. The van der Waals surface area contributed by atoms with Gasteiger partial charge in [-0.15, -0.1) is 0 Å². The minimum atomic E-state index is -4.81. The van der Waals surface area contributed by atoms with Gasteiger partial charge in [0.15, 0.2) is 0 Å². The number of rotatable bonds is 4. The van der Waals surface area contributed by atoms with E-state index in [4.69, 9.17) is 0 Å². The summed E-state index contributed by atoms with van der Waals surface area (Å²) in [5, 5.41) is 5.30. The number of anilines is 1. The van der Waals surface area contributed by atoms with E-state index >= 15 is 0 Å². The molecular formula is C20H17F3N4O. The van der Waals surface area contributed by atoms with Crippen LogP contribution in [0.1, 0.15) is 0 Å². The summed E-state index contributed by atoms with van der Waals surface area (Å²) in [6.07, 6.45) is -3.17. The molecule has 3 aromatic rings. The van der Waals surface area contributed by atoms with E-state index in [1.165, 1.54) is 0 Å². The number of likely N-dealkylation sites (tertiary alicyclic amines) is 1. The van der Waals surface area contributed by atoms with Crippen LogP contribution < -0.4 is 5.32 Å². The Labute approximate surface area is 159 Å². The van der Waals surface area contributed by atoms with Gasteiger partial charge in [-0.2, -0.15) is 13.2 Å². The first-order valence-electron chi connectivity index (χ1n) is 8.82. The van der Waals surface area contributed by atoms with Crippen molar-refractivity contribution in [2.75, 3.05) is 25.0 Å². The molecular weight excluding hydrogens is 369 g/mol. The quantitative estimate of drug-likeness (QED) is 0.742. The number of alkyl halides is 3. The first-order valence-corrected chi connectivity index (χ1v) is 8.82. The molecule has 0 saturated carbocycles. The summed E-state index contributed by atoms with van der Waals surface area (Å²) in [6, 6.07) is 15.9. The SMILES string of the molecule is O=C(N1CC(CNc2nccc(-c3ccc4ccccc4c3)n2)C1)C(F)(F)F. The Kier molecular flexibility index (Phi) is 4.62. The molecule has 1 aliphatic heterocycles. The number of hydrogen-bond acceptors (Lipinski definition) is 4. The number of nitrogens with one attached hydrogen (secondary N) is 1. The van der Waals surface area contributed by atoms with Gasteiger partial charge >= 0.3 is 12.1 Å². The number of benzene rings is 2. The number of nitrogens with zero attached hydrogens (tertiary/aromatic N) is 3. The van der Waals surface area contributed by atoms with Crippen LogP contribution in [0.4, 0.5) is 19.1 Å². The summed E-state index contributed by atoms with van der Waals surface area (Å²) < 4.78 is 37.1. The number of carbonyl (C=O) groups excluding carboxylic acids is 1. The average molecular weight is 386 g/mol. The highest BCUT2D eigenvalue weighted by Gasteiger charge is 2.46. The monoisotopic (exact) mass is 386 g/mol. The van der Waals surface area contributed by atoms with Gasteiger partial charge in [0.25, 0.3) is 0 Å². The largest absolute Gasteiger partial charge is 0.471 e. The van der Waals surface area contributed by atoms with E-state index in [9.17, 15) is 18.0 Å². The zero-order chi connectivity index (χ0) is 19.7. The first-order chi connectivity index (χ1) is 13.4. The van der Waals surface area contributed by atoms with Gasteiger partial charge in [0.2, 0.25) is 5.95 Å². The van der Waals surface area contributed by atoms with Crippen molar-refractivity contribution >= 4 is 22.6 Å². The maximum absolute atomic E-state index is 12.4. The summed E-state index contributed by atoms with van der Waals surface area (Å²) >= 11 is 0. The molecule has 5 nitrogen and oxygen atoms in total. The van der Waals surface area contributed by atoms with Crippen LogP contribution in [0.2, 0.25) is 0 Å². The van der Waals surface area contributed by atoms with Crippen molar-refractivity contribution in [1.29, 1.82) is 0 Å². The maximum atomic E-state index is 12.4. The van der Waals surface area contributed by atoms with Gasteiger partial charge in [-0.3, -0.25) is 4.79 Å². The minimum Gasteiger partial charge on any atom is -0.354 e. The number of aromatic nitrogens is 2. The van der Waals surface area contributed by atoms with Gasteiger partial charge in [0.05, 0.1) is 5.69 Å². The normalized spacial score (nSPS) is 14.8. The molecule has 28 heavy (non-hydrogen) atoms. The number of halogens is 3. The Hall–Kier alpha value is -3.16. The fourth-order valence-corrected chi connectivity index (χ4v) is 3.23. The molecule has 0 bridgehead atoms. The first kappa shape index (κ1) is 18.2. The van der Waals surface area contributed by atoms with Crippen LogP contribution in [-0.2, 0) is 4.79 Å². The van der Waals surface area contributed by atoms with E-state index in [2.05, 4.69) is 15.3 Å². The second kappa shape index (κ2) is 7.10. The summed E-state index contributed by atoms with van der Waals surface area (Å²) in [5.74, 6) is -1.43. The lowest BCUT2D eigenvalue weighted by molar-refractivity contribution is -0.191. The highest BCUT2D eigenvalue weighted by atomic mass is 19.4. The zero-order valence-electron chi connectivity index (χ0n) is 14.8. The standard InChI is InChI=1S/C20H17F3N4O/c21-20(22,23)18(28)27-11-13(12-27)10-25-19-24-8-7-17(26-19)16-6-5-14-3-1-2-4-15(14)9-16/h1-9,13H,10-12H2,(H,24,25,26). The van der Waals surface area contributed by atoms with Crippen LogP contribution in [0.5, 0.6) is 0 Å². The summed E-state index contributed by atoms with van der Waals surface area (Å²) in [4.78, 5) is 20.6. The minimum absolute atomic E-state index is 0.0563. The van der Waals surface area contributed by atoms with Crippen LogP contribution >= 0.6 is 0 Å². The molecule has 1 aromatic heterocycles. The van der Waals surface area contributed by atoms with Gasteiger partial charge in [-0.1, -0.05) is 36.4 Å². The van der Waals surface area contributed by atoms with E-state index in [1.54, 1.807) is 6.20 Å². The van der Waals surface area contributed by atoms with Crippen LogP contribution in [0.15, 0.2) is 54.7 Å². The molecule has 1 aliphatic rings. The molecule has 1 N–H and O–H groups in total. The Morgan fingerprint density at radius 2 is 1.86 bits per heavy atom. The molecule has 1 fully saturated rings. The number of amides is 1. The third kappa shape index (κ3) is 3.76. The van der Waals surface area contributed by atoms with Gasteiger partial charge in [0, 0.05) is 37.3 Å². The lowest BCUT2D eigenvalue weighted by atomic mass is 10.00. The maximum Gasteiger partial charge on any atom is 0.471 e. The van der Waals surface area contributed by atoms with E-state index in [0.717, 1.165) is 26.9 Å². The van der Waals surface area contributed by atoms with Crippen molar-refractivity contribution in [2.24, 2.45) is 5.92 Å². The van der Waals surface area contributed by atoms with Crippen LogP contribution in [0, 0.1) is 5.92 Å². The van der Waals surface area contributed by atoms with Gasteiger partial charge in [0.1, 0.15) is 0 Å². The number of fused-ring (bicyclic) bond motifs is 1. The molecule has 0 spiro atoms. The number of hydrogen-bond donors (Lipinski definition) is 1. The average Bonchev–Trinajstić information content (AvgIpc) is 2.65. The highest BCUT2D eigenvalue weighted by Crippen LogP contribution is 2.26. The van der Waals surface area contributed by atoms with Crippen molar-refractivity contribution in [2.45, 2.75) is 6.18 Å². The van der Waals surface area contributed by atoms with E-state index in [0.29, 0.717) is 12.5 Å². The molecule has 0 atom stereocenters. The second-order valence-electron chi connectivity index (χ2n) is 6.78. The molecule has 4 rings (SSSR count). The predicted molar refractivity (Wildman–Crippen MR) is 99.6 cm³/mol. The van der Waals surface area contributed by atoms with Crippen molar-refractivity contribution < 1.29 is 18.0 Å². The molecule has 0 aliphatic carbocycles. The van der Waals surface area contributed by atoms with Crippen LogP contribution in [0.3, 0.4) is 0 Å². The van der Waals surface area contributed by atoms with Crippen LogP contribution in [0.25, 0.3) is 22.0 Å². The molecule has 0 unspecified atom stereocenters. The summed E-state index contributed by atoms with van der Waals surface area (Å²) in [5.41, 5.74) is 1.71. The van der Waals surface area contributed by atoms with E-state index < -0.39 is 12.1 Å². The lowest BCUT2D eigenvalue weighted by Gasteiger charge is -2.39. The molecule has 2 heterocycles. The van der Waals surface area contributed by atoms with Crippen molar-refractivity contribution in [3.05, 3.63) is 54.7 Å². The molecule has 2 aromatic carbocycles. The predicted octanol–water partition coefficient (Wildman–Crippen LogP) is 3.73. The Bertz CT molecular complexity index is 1020. The fraction of sp³-hybridized carbons (Fsp3) is 0.250. The second-order valence-corrected chi connectivity index (χ2v) is 6.78. The van der Waals surface area contributed by atoms with Crippen molar-refractivity contribution in [3.63, 3.8) is 0 Å². The lowest BCUT2D eigenvalue weighted by Crippen LogP contribution is -2.56. The third-order valence-corrected chi connectivity index (χ3v) is 4.74. The Balaban J connectivity index is 1.39. The van der Waals surface area contributed by atoms with Crippen LogP contribution in [-0.4, -0.2) is 46.6 Å². The summed E-state index contributed by atoms with van der Waals surface area (Å²) in [7, 11) is 0. The smallest absolute Gasteiger partial charge is 0.354 e. The Morgan fingerprint density at radius 1 is 1.11 bits per heavy atom. The van der Waals surface area contributed by atoms with E-state index in [1.807, 2.05) is 48.5 Å². The van der Waals surface area contributed by atoms with Gasteiger partial charge in [-0.05, 0) is 22.9 Å². The van der Waals surface area contributed by atoms with Gasteiger partial charge < -0.3 is 10.2 Å². The Morgan fingerprint density at radius 3 is 2.61 bits per heavy atom.